The summed E-state index contributed by atoms with van der Waals surface area (Å²) < 4.78 is 33.6. The number of benzene rings is 1. The molecular formula is C16H16F2IO5-. The fraction of sp³-hybridized carbons (Fsp3) is 0.500. The van der Waals surface area contributed by atoms with Crippen molar-refractivity contribution in [2.24, 2.45) is 5.92 Å². The summed E-state index contributed by atoms with van der Waals surface area (Å²) in [5.41, 5.74) is -0.281. The normalized spacial score (nSPS) is 17.3. The molecule has 1 aromatic carbocycles. The van der Waals surface area contributed by atoms with Gasteiger partial charge in [-0.2, -0.15) is 8.78 Å². The average Bonchev–Trinajstić information content (AvgIpc) is 2.55. The van der Waals surface area contributed by atoms with E-state index in [1.165, 1.54) is 18.2 Å². The van der Waals surface area contributed by atoms with Crippen LogP contribution >= 0.6 is 22.6 Å². The monoisotopic (exact) mass is 453 g/mol. The second-order valence-corrected chi connectivity index (χ2v) is 7.04. The first-order chi connectivity index (χ1) is 11.2. The maximum absolute atomic E-state index is 14.0. The zero-order valence-corrected chi connectivity index (χ0v) is 14.8. The summed E-state index contributed by atoms with van der Waals surface area (Å²) >= 11 is 1.89. The average molecular weight is 453 g/mol. The largest absolute Gasteiger partial charge is 0.544 e. The van der Waals surface area contributed by atoms with Crippen molar-refractivity contribution in [3.8, 4) is 5.75 Å². The highest BCUT2D eigenvalue weighted by atomic mass is 127. The number of aliphatic carboxylic acids is 1. The van der Waals surface area contributed by atoms with Gasteiger partial charge in [-0.25, -0.2) is 4.79 Å². The molecule has 1 aromatic rings. The van der Waals surface area contributed by atoms with Crippen molar-refractivity contribution >= 4 is 34.5 Å². The number of phenols is 1. The number of esters is 1. The number of rotatable bonds is 5. The SMILES string of the molecule is O=C(OC(C1CCCCC1)C(F)(F)C(=O)[O-])c1cc(I)ccc1O. The van der Waals surface area contributed by atoms with Crippen molar-refractivity contribution in [2.45, 2.75) is 44.1 Å². The van der Waals surface area contributed by atoms with Gasteiger partial charge in [0.2, 0.25) is 0 Å². The first-order valence-electron chi connectivity index (χ1n) is 7.52. The van der Waals surface area contributed by atoms with Crippen molar-refractivity contribution in [3.05, 3.63) is 27.3 Å². The minimum atomic E-state index is -4.30. The van der Waals surface area contributed by atoms with Crippen LogP contribution in [0.3, 0.4) is 0 Å². The molecule has 0 spiro atoms. The summed E-state index contributed by atoms with van der Waals surface area (Å²) in [7, 11) is 0. The summed E-state index contributed by atoms with van der Waals surface area (Å²) in [6, 6.07) is 4.05. The molecule has 1 aliphatic carbocycles. The number of hydrogen-bond acceptors (Lipinski definition) is 5. The fourth-order valence-electron chi connectivity index (χ4n) is 2.87. The van der Waals surface area contributed by atoms with Gasteiger partial charge in [-0.05, 0) is 53.6 Å². The van der Waals surface area contributed by atoms with E-state index in [1.54, 1.807) is 0 Å². The van der Waals surface area contributed by atoms with Crippen LogP contribution in [0.25, 0.3) is 0 Å². The van der Waals surface area contributed by atoms with Crippen LogP contribution in [-0.4, -0.2) is 29.1 Å². The molecule has 1 aliphatic rings. The van der Waals surface area contributed by atoms with Gasteiger partial charge >= 0.3 is 11.9 Å². The summed E-state index contributed by atoms with van der Waals surface area (Å²) in [5, 5.41) is 20.6. The molecule has 5 nitrogen and oxygen atoms in total. The van der Waals surface area contributed by atoms with Gasteiger partial charge in [0, 0.05) is 9.49 Å². The van der Waals surface area contributed by atoms with Crippen molar-refractivity contribution in [3.63, 3.8) is 0 Å². The minimum absolute atomic E-state index is 0.281. The van der Waals surface area contributed by atoms with E-state index in [9.17, 15) is 28.6 Å². The topological polar surface area (TPSA) is 86.7 Å². The smallest absolute Gasteiger partial charge is 0.342 e. The Labute approximate surface area is 151 Å². The van der Waals surface area contributed by atoms with Crippen LogP contribution in [0.15, 0.2) is 18.2 Å². The maximum Gasteiger partial charge on any atom is 0.342 e. The lowest BCUT2D eigenvalue weighted by Gasteiger charge is -2.35. The van der Waals surface area contributed by atoms with E-state index in [0.29, 0.717) is 29.3 Å². The highest BCUT2D eigenvalue weighted by molar-refractivity contribution is 14.1. The number of carbonyl (C=O) groups excluding carboxylic acids is 2. The lowest BCUT2D eigenvalue weighted by molar-refractivity contribution is -0.337. The molecule has 1 saturated carbocycles. The number of carboxylic acid groups (broad SMARTS) is 1. The second-order valence-electron chi connectivity index (χ2n) is 5.80. The van der Waals surface area contributed by atoms with E-state index in [1.807, 2.05) is 22.6 Å². The zero-order chi connectivity index (χ0) is 17.9. The number of ether oxygens (including phenoxy) is 1. The predicted molar refractivity (Wildman–Crippen MR) is 86.6 cm³/mol. The zero-order valence-electron chi connectivity index (χ0n) is 12.6. The Morgan fingerprint density at radius 3 is 2.50 bits per heavy atom. The molecule has 0 aliphatic heterocycles. The number of carboxylic acids is 1. The highest BCUT2D eigenvalue weighted by Crippen LogP contribution is 2.36. The Morgan fingerprint density at radius 2 is 1.92 bits per heavy atom. The summed E-state index contributed by atoms with van der Waals surface area (Å²) in [6.07, 6.45) is 0.768. The lowest BCUT2D eigenvalue weighted by atomic mass is 9.83. The quantitative estimate of drug-likeness (QED) is 0.547. The first kappa shape index (κ1) is 18.9. The number of phenolic OH excluding ortho intramolecular Hbond substituents is 1. The van der Waals surface area contributed by atoms with E-state index < -0.39 is 35.6 Å². The molecule has 1 atom stereocenters. The molecule has 0 aromatic heterocycles. The van der Waals surface area contributed by atoms with E-state index in [2.05, 4.69) is 0 Å². The van der Waals surface area contributed by atoms with E-state index in [4.69, 9.17) is 4.74 Å². The number of aromatic hydroxyl groups is 1. The number of halogens is 3. The second kappa shape index (κ2) is 7.62. The summed E-state index contributed by atoms with van der Waals surface area (Å²) in [4.78, 5) is 23.0. The van der Waals surface area contributed by atoms with E-state index in [-0.39, 0.29) is 5.56 Å². The minimum Gasteiger partial charge on any atom is -0.544 e. The molecule has 0 bridgehead atoms. The first-order valence-corrected chi connectivity index (χ1v) is 8.60. The molecule has 24 heavy (non-hydrogen) atoms. The molecule has 1 fully saturated rings. The Morgan fingerprint density at radius 1 is 1.29 bits per heavy atom. The molecule has 0 radical (unpaired) electrons. The predicted octanol–water partition coefficient (Wildman–Crippen LogP) is 2.49. The van der Waals surface area contributed by atoms with Crippen molar-refractivity contribution in [1.82, 2.24) is 0 Å². The number of hydrogen-bond donors (Lipinski definition) is 1. The molecule has 2 rings (SSSR count). The van der Waals surface area contributed by atoms with Crippen molar-refractivity contribution in [2.75, 3.05) is 0 Å². The third-order valence-corrected chi connectivity index (χ3v) is 4.79. The molecule has 1 unspecified atom stereocenters. The third kappa shape index (κ3) is 4.14. The molecule has 0 heterocycles. The van der Waals surface area contributed by atoms with Gasteiger partial charge in [0.25, 0.3) is 0 Å². The van der Waals surface area contributed by atoms with Gasteiger partial charge < -0.3 is 19.7 Å². The van der Waals surface area contributed by atoms with Crippen LogP contribution in [0.2, 0.25) is 0 Å². The van der Waals surface area contributed by atoms with Gasteiger partial charge in [0.05, 0.1) is 0 Å². The molecular weight excluding hydrogens is 437 g/mol. The van der Waals surface area contributed by atoms with Crippen molar-refractivity contribution in [1.29, 1.82) is 0 Å². The molecule has 0 amide bonds. The number of alkyl halides is 2. The van der Waals surface area contributed by atoms with Gasteiger partial charge in [0.1, 0.15) is 17.3 Å². The Hall–Kier alpha value is -1.45. The molecule has 0 saturated heterocycles. The van der Waals surface area contributed by atoms with Crippen LogP contribution in [0, 0.1) is 9.49 Å². The number of carbonyl (C=O) groups is 2. The van der Waals surface area contributed by atoms with Crippen LogP contribution in [-0.2, 0) is 9.53 Å². The standard InChI is InChI=1S/C16H17F2IO5/c17-16(18,15(22)23)13(9-4-2-1-3-5-9)24-14(21)11-8-10(19)6-7-12(11)20/h6-9,13,20H,1-5H2,(H,22,23)/p-1. The van der Waals surface area contributed by atoms with Crippen LogP contribution in [0.4, 0.5) is 8.78 Å². The summed E-state index contributed by atoms with van der Waals surface area (Å²) in [6.45, 7) is 0. The van der Waals surface area contributed by atoms with E-state index >= 15 is 0 Å². The molecule has 8 heteroatoms. The maximum atomic E-state index is 14.0. The molecule has 132 valence electrons. The lowest BCUT2D eigenvalue weighted by Crippen LogP contribution is -2.54. The molecule has 1 N–H and O–H groups in total. The van der Waals surface area contributed by atoms with Crippen LogP contribution in [0.1, 0.15) is 42.5 Å². The summed E-state index contributed by atoms with van der Waals surface area (Å²) in [5.74, 6) is -9.23. The van der Waals surface area contributed by atoms with Crippen LogP contribution < -0.4 is 5.11 Å². The Balaban J connectivity index is 2.28. The van der Waals surface area contributed by atoms with E-state index in [0.717, 1.165) is 6.42 Å². The highest BCUT2D eigenvalue weighted by Gasteiger charge is 2.49. The van der Waals surface area contributed by atoms with Gasteiger partial charge in [-0.1, -0.05) is 19.3 Å². The van der Waals surface area contributed by atoms with Crippen LogP contribution in [0.5, 0.6) is 5.75 Å². The third-order valence-electron chi connectivity index (χ3n) is 4.12. The van der Waals surface area contributed by atoms with Crippen molar-refractivity contribution < 1.29 is 33.3 Å². The van der Waals surface area contributed by atoms with Gasteiger partial charge in [-0.15, -0.1) is 0 Å². The van der Waals surface area contributed by atoms with Gasteiger partial charge in [-0.3, -0.25) is 0 Å². The van der Waals surface area contributed by atoms with Gasteiger partial charge in [0.15, 0.2) is 6.10 Å². The Kier molecular flexibility index (Phi) is 6.00. The Bertz CT molecular complexity index is 629. The fourth-order valence-corrected chi connectivity index (χ4v) is 3.36.